The van der Waals surface area contributed by atoms with E-state index in [0.29, 0.717) is 0 Å². The molecule has 0 amide bonds. The van der Waals surface area contributed by atoms with Gasteiger partial charge in [-0.05, 0) is 32.4 Å². The Hall–Kier alpha value is -1.77. The third kappa shape index (κ3) is 5.36. The minimum absolute atomic E-state index is 0.829. The summed E-state index contributed by atoms with van der Waals surface area (Å²) in [6, 6.07) is 4.36. The van der Waals surface area contributed by atoms with Gasteiger partial charge in [0.15, 0.2) is 5.96 Å². The second-order valence-electron chi connectivity index (χ2n) is 5.80. The average Bonchev–Trinajstić information content (AvgIpc) is 3.35. The molecule has 0 aliphatic heterocycles. The van der Waals surface area contributed by atoms with Crippen LogP contribution >= 0.6 is 34.0 Å². The molecule has 8 heteroatoms. The molecule has 0 fully saturated rings. The van der Waals surface area contributed by atoms with Crippen molar-refractivity contribution in [3.63, 3.8) is 0 Å². The molecule has 0 aliphatic carbocycles. The molecule has 0 saturated carbocycles. The topological polar surface area (TPSA) is 62.2 Å². The number of aliphatic imine (C=N–C) groups is 1. The second kappa shape index (κ2) is 9.25. The number of nitrogens with zero attached hydrogens (tertiary/aromatic N) is 3. The number of nitrogens with one attached hydrogen (secondary N) is 2. The quantitative estimate of drug-likeness (QED) is 0.462. The monoisotopic (exact) mass is 405 g/mol. The van der Waals surface area contributed by atoms with Crippen molar-refractivity contribution in [1.82, 2.24) is 20.6 Å². The molecule has 0 saturated heterocycles. The zero-order chi connectivity index (χ0) is 18.4. The van der Waals surface area contributed by atoms with Crippen molar-refractivity contribution >= 4 is 40.0 Å². The van der Waals surface area contributed by atoms with Crippen LogP contribution in [0, 0.1) is 13.8 Å². The number of hydrogen-bond acceptors (Lipinski definition) is 6. The first-order valence-corrected chi connectivity index (χ1v) is 11.1. The lowest BCUT2D eigenvalue weighted by Crippen LogP contribution is -2.39. The van der Waals surface area contributed by atoms with Crippen molar-refractivity contribution in [2.45, 2.75) is 26.7 Å². The minimum Gasteiger partial charge on any atom is -0.356 e. The van der Waals surface area contributed by atoms with Crippen LogP contribution in [0.5, 0.6) is 0 Å². The van der Waals surface area contributed by atoms with E-state index >= 15 is 0 Å². The van der Waals surface area contributed by atoms with Crippen LogP contribution in [-0.4, -0.2) is 36.1 Å². The minimum atomic E-state index is 0.829. The Morgan fingerprint density at radius 2 is 1.73 bits per heavy atom. The fourth-order valence-electron chi connectivity index (χ4n) is 2.48. The summed E-state index contributed by atoms with van der Waals surface area (Å²) in [6.45, 7) is 5.76. The van der Waals surface area contributed by atoms with Gasteiger partial charge >= 0.3 is 0 Å². The van der Waals surface area contributed by atoms with Gasteiger partial charge in [0.2, 0.25) is 0 Å². The predicted molar refractivity (Wildman–Crippen MR) is 114 cm³/mol. The molecular formula is C18H23N5S3. The van der Waals surface area contributed by atoms with Crippen LogP contribution in [-0.2, 0) is 12.8 Å². The first-order chi connectivity index (χ1) is 12.6. The van der Waals surface area contributed by atoms with E-state index in [1.807, 2.05) is 25.2 Å². The van der Waals surface area contributed by atoms with E-state index in [1.54, 1.807) is 29.7 Å². The van der Waals surface area contributed by atoms with E-state index in [1.165, 1.54) is 9.75 Å². The summed E-state index contributed by atoms with van der Waals surface area (Å²) in [6.07, 6.45) is 1.88. The molecule has 26 heavy (non-hydrogen) atoms. The summed E-state index contributed by atoms with van der Waals surface area (Å²) in [5, 5.41) is 13.2. The zero-order valence-electron chi connectivity index (χ0n) is 15.2. The fourth-order valence-corrected chi connectivity index (χ4v) is 4.79. The summed E-state index contributed by atoms with van der Waals surface area (Å²) < 4.78 is 0. The number of aromatic nitrogens is 2. The highest BCUT2D eigenvalue weighted by atomic mass is 32.1. The number of aryl methyl sites for hydroxylation is 2. The summed E-state index contributed by atoms with van der Waals surface area (Å²) in [5.41, 5.74) is 2.23. The van der Waals surface area contributed by atoms with Crippen molar-refractivity contribution in [1.29, 1.82) is 0 Å². The fraction of sp³-hybridized carbons (Fsp3) is 0.389. The van der Waals surface area contributed by atoms with Gasteiger partial charge in [-0.1, -0.05) is 0 Å². The lowest BCUT2D eigenvalue weighted by Gasteiger charge is -2.10. The maximum atomic E-state index is 4.56. The van der Waals surface area contributed by atoms with E-state index in [2.05, 4.69) is 48.5 Å². The molecule has 0 aliphatic rings. The SMILES string of the molecule is CN=C(NCCc1csc(C)n1)NCCc1ccc(-c2csc(C)n2)s1. The first kappa shape index (κ1) is 19.0. The van der Waals surface area contributed by atoms with Crippen molar-refractivity contribution in [2.24, 2.45) is 4.99 Å². The Balaban J connectivity index is 1.41. The molecule has 3 aromatic heterocycles. The Morgan fingerprint density at radius 1 is 1.00 bits per heavy atom. The maximum absolute atomic E-state index is 4.56. The summed E-state index contributed by atoms with van der Waals surface area (Å²) in [7, 11) is 1.80. The molecule has 2 N–H and O–H groups in total. The van der Waals surface area contributed by atoms with Gasteiger partial charge in [-0.25, -0.2) is 9.97 Å². The molecule has 5 nitrogen and oxygen atoms in total. The van der Waals surface area contributed by atoms with Gasteiger partial charge in [0.1, 0.15) is 0 Å². The Bertz CT molecular complexity index is 862. The second-order valence-corrected chi connectivity index (χ2v) is 9.09. The Morgan fingerprint density at radius 3 is 2.38 bits per heavy atom. The number of thiophene rings is 1. The van der Waals surface area contributed by atoms with Crippen LogP contribution in [0.3, 0.4) is 0 Å². The molecule has 138 valence electrons. The van der Waals surface area contributed by atoms with Crippen LogP contribution in [0.1, 0.15) is 20.6 Å². The predicted octanol–water partition coefficient (Wildman–Crippen LogP) is 3.90. The lowest BCUT2D eigenvalue weighted by atomic mass is 10.3. The van der Waals surface area contributed by atoms with Crippen LogP contribution in [0.25, 0.3) is 10.6 Å². The van der Waals surface area contributed by atoms with Gasteiger partial charge < -0.3 is 10.6 Å². The third-order valence-corrected chi connectivity index (χ3v) is 6.52. The lowest BCUT2D eigenvalue weighted by molar-refractivity contribution is 0.780. The molecule has 0 aromatic carbocycles. The van der Waals surface area contributed by atoms with E-state index in [0.717, 1.165) is 53.3 Å². The highest BCUT2D eigenvalue weighted by Crippen LogP contribution is 2.29. The largest absolute Gasteiger partial charge is 0.356 e. The van der Waals surface area contributed by atoms with Crippen molar-refractivity contribution < 1.29 is 0 Å². The normalized spacial score (nSPS) is 11.7. The van der Waals surface area contributed by atoms with Crippen molar-refractivity contribution in [3.8, 4) is 10.6 Å². The standard InChI is InChI=1S/C18H23N5S3/c1-12-22-14(10-24-12)6-8-20-18(19-3)21-9-7-15-4-5-17(26-15)16-11-25-13(2)23-16/h4-5,10-11H,6-9H2,1-3H3,(H2,19,20,21). The molecule has 3 aromatic rings. The van der Waals surface area contributed by atoms with Gasteiger partial charge in [0, 0.05) is 42.2 Å². The Kier molecular flexibility index (Phi) is 6.76. The highest BCUT2D eigenvalue weighted by Gasteiger charge is 2.06. The molecule has 0 spiro atoms. The molecular weight excluding hydrogens is 382 g/mol. The molecule has 0 unspecified atom stereocenters. The van der Waals surface area contributed by atoms with Crippen LogP contribution in [0.15, 0.2) is 27.9 Å². The molecule has 3 heterocycles. The zero-order valence-corrected chi connectivity index (χ0v) is 17.7. The third-order valence-electron chi connectivity index (χ3n) is 3.76. The summed E-state index contributed by atoms with van der Waals surface area (Å²) in [4.78, 5) is 15.9. The van der Waals surface area contributed by atoms with E-state index in [4.69, 9.17) is 0 Å². The number of hydrogen-bond donors (Lipinski definition) is 2. The summed E-state index contributed by atoms with van der Waals surface area (Å²) >= 11 is 5.20. The summed E-state index contributed by atoms with van der Waals surface area (Å²) in [5.74, 6) is 0.837. The van der Waals surface area contributed by atoms with Gasteiger partial charge in [0.05, 0.1) is 26.3 Å². The smallest absolute Gasteiger partial charge is 0.191 e. The van der Waals surface area contributed by atoms with Crippen molar-refractivity contribution in [3.05, 3.63) is 43.5 Å². The first-order valence-electron chi connectivity index (χ1n) is 8.51. The number of thiazole rings is 2. The van der Waals surface area contributed by atoms with E-state index < -0.39 is 0 Å². The number of rotatable bonds is 7. The molecule has 0 radical (unpaired) electrons. The van der Waals surface area contributed by atoms with Crippen LogP contribution in [0.4, 0.5) is 0 Å². The van der Waals surface area contributed by atoms with Gasteiger partial charge in [-0.15, -0.1) is 34.0 Å². The van der Waals surface area contributed by atoms with Gasteiger partial charge in [-0.3, -0.25) is 4.99 Å². The van der Waals surface area contributed by atoms with Crippen molar-refractivity contribution in [2.75, 3.05) is 20.1 Å². The molecule has 3 rings (SSSR count). The molecule has 0 atom stereocenters. The number of guanidine groups is 1. The van der Waals surface area contributed by atoms with Gasteiger partial charge in [-0.2, -0.15) is 0 Å². The van der Waals surface area contributed by atoms with Crippen LogP contribution < -0.4 is 10.6 Å². The van der Waals surface area contributed by atoms with E-state index in [-0.39, 0.29) is 0 Å². The van der Waals surface area contributed by atoms with Crippen LogP contribution in [0.2, 0.25) is 0 Å². The van der Waals surface area contributed by atoms with E-state index in [9.17, 15) is 0 Å². The van der Waals surface area contributed by atoms with Gasteiger partial charge in [0.25, 0.3) is 0 Å². The Labute approximate surface area is 166 Å². The average molecular weight is 406 g/mol. The highest BCUT2D eigenvalue weighted by molar-refractivity contribution is 7.16. The maximum Gasteiger partial charge on any atom is 0.191 e. The molecule has 0 bridgehead atoms.